The van der Waals surface area contributed by atoms with E-state index in [2.05, 4.69) is 20.7 Å². The van der Waals surface area contributed by atoms with E-state index < -0.39 is 0 Å². The van der Waals surface area contributed by atoms with Crippen molar-refractivity contribution in [1.29, 1.82) is 0 Å². The molecule has 0 unspecified atom stereocenters. The first kappa shape index (κ1) is 20.9. The Labute approximate surface area is 194 Å². The van der Waals surface area contributed by atoms with Gasteiger partial charge in [-0.25, -0.2) is 14.4 Å². The second-order valence-electron chi connectivity index (χ2n) is 7.70. The molecule has 32 heavy (non-hydrogen) atoms. The lowest BCUT2D eigenvalue weighted by atomic mass is 9.95. The predicted octanol–water partition coefficient (Wildman–Crippen LogP) is 4.67. The number of aromatic nitrogens is 4. The van der Waals surface area contributed by atoms with E-state index in [1.807, 2.05) is 12.1 Å². The van der Waals surface area contributed by atoms with Gasteiger partial charge in [0.15, 0.2) is 5.82 Å². The summed E-state index contributed by atoms with van der Waals surface area (Å²) >= 11 is 12.6. The van der Waals surface area contributed by atoms with Crippen molar-refractivity contribution >= 4 is 53.2 Å². The first-order valence-corrected chi connectivity index (χ1v) is 11.2. The van der Waals surface area contributed by atoms with Crippen LogP contribution in [-0.2, 0) is 0 Å². The van der Waals surface area contributed by atoms with Gasteiger partial charge < -0.3 is 10.6 Å². The van der Waals surface area contributed by atoms with Crippen LogP contribution in [-0.4, -0.2) is 44.8 Å². The topological polar surface area (TPSA) is 89.1 Å². The highest BCUT2D eigenvalue weighted by atomic mass is 35.5. The van der Waals surface area contributed by atoms with Crippen LogP contribution in [0.4, 0.5) is 11.6 Å². The van der Waals surface area contributed by atoms with Crippen LogP contribution in [0, 0.1) is 0 Å². The number of benzene rings is 1. The van der Waals surface area contributed by atoms with Crippen molar-refractivity contribution in [2.75, 3.05) is 18.4 Å². The van der Waals surface area contributed by atoms with Crippen molar-refractivity contribution in [2.24, 2.45) is 4.99 Å². The molecule has 1 fully saturated rings. The summed E-state index contributed by atoms with van der Waals surface area (Å²) in [6, 6.07) is 7.12. The second-order valence-corrected chi connectivity index (χ2v) is 8.54. The molecule has 1 amide bonds. The average molecular weight is 470 g/mol. The summed E-state index contributed by atoms with van der Waals surface area (Å²) in [6.07, 6.45) is 9.64. The van der Waals surface area contributed by atoms with Gasteiger partial charge in [-0.2, -0.15) is 10.2 Å². The Morgan fingerprint density at radius 2 is 2.03 bits per heavy atom. The summed E-state index contributed by atoms with van der Waals surface area (Å²) in [7, 11) is 0. The van der Waals surface area contributed by atoms with E-state index in [0.29, 0.717) is 45.3 Å². The summed E-state index contributed by atoms with van der Waals surface area (Å²) in [5, 5.41) is 16.4. The van der Waals surface area contributed by atoms with Gasteiger partial charge in [-0.15, -0.1) is 0 Å². The Morgan fingerprint density at radius 1 is 1.19 bits per heavy atom. The lowest BCUT2D eigenvalue weighted by Gasteiger charge is -2.20. The third kappa shape index (κ3) is 4.09. The summed E-state index contributed by atoms with van der Waals surface area (Å²) in [4.78, 5) is 17.6. The zero-order chi connectivity index (χ0) is 22.1. The number of rotatable bonds is 4. The SMILES string of the molecule is O=C(Nc1cc(C2CCNCC2)nn1-c1ccc(Cl)cc1Cl)c1cnn2c1N=CCC=C2. The van der Waals surface area contributed by atoms with E-state index in [0.717, 1.165) is 31.6 Å². The summed E-state index contributed by atoms with van der Waals surface area (Å²) in [5.74, 6) is 1.01. The highest BCUT2D eigenvalue weighted by Gasteiger charge is 2.24. The minimum absolute atomic E-state index is 0.307. The van der Waals surface area contributed by atoms with Gasteiger partial charge in [0.05, 0.1) is 22.6 Å². The zero-order valence-corrected chi connectivity index (χ0v) is 18.6. The fourth-order valence-electron chi connectivity index (χ4n) is 3.94. The van der Waals surface area contributed by atoms with Crippen LogP contribution >= 0.6 is 23.2 Å². The number of fused-ring (bicyclic) bond motifs is 1. The van der Waals surface area contributed by atoms with Gasteiger partial charge in [-0.3, -0.25) is 4.79 Å². The van der Waals surface area contributed by atoms with Gasteiger partial charge in [0.25, 0.3) is 5.91 Å². The number of hydrogen-bond donors (Lipinski definition) is 2. The van der Waals surface area contributed by atoms with E-state index >= 15 is 0 Å². The number of nitrogens with zero attached hydrogens (tertiary/aromatic N) is 5. The van der Waals surface area contributed by atoms with Crippen LogP contribution in [0.3, 0.4) is 0 Å². The maximum Gasteiger partial charge on any atom is 0.262 e. The van der Waals surface area contributed by atoms with Crippen molar-refractivity contribution in [1.82, 2.24) is 24.9 Å². The van der Waals surface area contributed by atoms with Crippen LogP contribution in [0.2, 0.25) is 10.0 Å². The summed E-state index contributed by atoms with van der Waals surface area (Å²) in [5.41, 5.74) is 1.94. The lowest BCUT2D eigenvalue weighted by molar-refractivity contribution is 0.102. The molecule has 5 rings (SSSR count). The zero-order valence-electron chi connectivity index (χ0n) is 17.1. The molecule has 0 saturated carbocycles. The molecular formula is C22H21Cl2N7O. The average Bonchev–Trinajstić information content (AvgIpc) is 3.31. The number of carbonyl (C=O) groups excluding carboxylic acids is 1. The van der Waals surface area contributed by atoms with E-state index in [1.165, 1.54) is 6.20 Å². The predicted molar refractivity (Wildman–Crippen MR) is 127 cm³/mol. The molecule has 2 aliphatic heterocycles. The van der Waals surface area contributed by atoms with Crippen LogP contribution in [0.15, 0.2) is 41.5 Å². The minimum atomic E-state index is -0.318. The molecule has 1 saturated heterocycles. The van der Waals surface area contributed by atoms with Crippen molar-refractivity contribution < 1.29 is 4.79 Å². The standard InChI is InChI=1S/C22H21Cl2N7O/c23-15-3-4-19(17(24)11-15)31-20(12-18(29-31)14-5-8-25-9-6-14)28-22(32)16-13-27-30-10-2-1-7-26-21(16)30/h2-4,7,10-14,25H,1,5-6,8-9H2,(H,28,32). The molecule has 4 heterocycles. The van der Waals surface area contributed by atoms with Gasteiger partial charge in [-0.1, -0.05) is 29.3 Å². The first-order chi connectivity index (χ1) is 15.6. The van der Waals surface area contributed by atoms with Crippen LogP contribution in [0.5, 0.6) is 0 Å². The highest BCUT2D eigenvalue weighted by Crippen LogP contribution is 2.32. The number of allylic oxidation sites excluding steroid dienone is 1. The lowest BCUT2D eigenvalue weighted by Crippen LogP contribution is -2.26. The Bertz CT molecular complexity index is 1220. The summed E-state index contributed by atoms with van der Waals surface area (Å²) < 4.78 is 3.26. The Hall–Kier alpha value is -2.94. The van der Waals surface area contributed by atoms with Crippen molar-refractivity contribution in [3.63, 3.8) is 0 Å². The molecule has 2 N–H and O–H groups in total. The molecule has 0 radical (unpaired) electrons. The number of anilines is 1. The maximum atomic E-state index is 13.2. The van der Waals surface area contributed by atoms with E-state index in [9.17, 15) is 4.79 Å². The Morgan fingerprint density at radius 3 is 2.84 bits per heavy atom. The molecule has 2 aliphatic rings. The van der Waals surface area contributed by atoms with Crippen molar-refractivity contribution in [3.8, 4) is 5.69 Å². The van der Waals surface area contributed by atoms with E-state index in [1.54, 1.807) is 40.0 Å². The van der Waals surface area contributed by atoms with Crippen LogP contribution < -0.4 is 10.6 Å². The fourth-order valence-corrected chi connectivity index (χ4v) is 4.43. The van der Waals surface area contributed by atoms with E-state index in [-0.39, 0.29) is 5.91 Å². The van der Waals surface area contributed by atoms with Gasteiger partial charge in [0, 0.05) is 35.8 Å². The number of halogens is 2. The van der Waals surface area contributed by atoms with Crippen molar-refractivity contribution in [2.45, 2.75) is 25.2 Å². The number of nitrogens with one attached hydrogen (secondary N) is 2. The van der Waals surface area contributed by atoms with Gasteiger partial charge in [-0.05, 0) is 44.1 Å². The number of piperidine rings is 1. The number of aliphatic imine (C=N–C) groups is 1. The monoisotopic (exact) mass is 469 g/mol. The quantitative estimate of drug-likeness (QED) is 0.580. The first-order valence-electron chi connectivity index (χ1n) is 10.4. The Kier molecular flexibility index (Phi) is 5.82. The number of amides is 1. The third-order valence-corrected chi connectivity index (χ3v) is 6.12. The Balaban J connectivity index is 1.52. The molecule has 3 aromatic rings. The molecule has 1 aromatic carbocycles. The third-order valence-electron chi connectivity index (χ3n) is 5.58. The molecule has 10 heteroatoms. The highest BCUT2D eigenvalue weighted by molar-refractivity contribution is 6.35. The molecule has 2 aromatic heterocycles. The normalized spacial score (nSPS) is 16.1. The van der Waals surface area contributed by atoms with Gasteiger partial charge >= 0.3 is 0 Å². The van der Waals surface area contributed by atoms with Gasteiger partial charge in [0.2, 0.25) is 0 Å². The molecule has 0 bridgehead atoms. The molecule has 0 aliphatic carbocycles. The fraction of sp³-hybridized carbons (Fsp3) is 0.273. The minimum Gasteiger partial charge on any atom is -0.317 e. The van der Waals surface area contributed by atoms with Gasteiger partial charge in [0.1, 0.15) is 11.4 Å². The molecule has 0 spiro atoms. The van der Waals surface area contributed by atoms with Crippen molar-refractivity contribution in [3.05, 3.63) is 57.8 Å². The number of hydrogen-bond acceptors (Lipinski definition) is 5. The molecule has 0 atom stereocenters. The molecule has 8 nitrogen and oxygen atoms in total. The van der Waals surface area contributed by atoms with Crippen LogP contribution in [0.1, 0.15) is 41.2 Å². The maximum absolute atomic E-state index is 13.2. The summed E-state index contributed by atoms with van der Waals surface area (Å²) in [6.45, 7) is 1.88. The smallest absolute Gasteiger partial charge is 0.262 e. The number of carbonyl (C=O) groups is 1. The largest absolute Gasteiger partial charge is 0.317 e. The molecular weight excluding hydrogens is 449 g/mol. The molecule has 164 valence electrons. The van der Waals surface area contributed by atoms with Crippen LogP contribution in [0.25, 0.3) is 11.9 Å². The van der Waals surface area contributed by atoms with E-state index in [4.69, 9.17) is 28.3 Å². The second kappa shape index (κ2) is 8.90.